The van der Waals surface area contributed by atoms with Crippen molar-refractivity contribution >= 4 is 5.91 Å². The minimum atomic E-state index is 0.176. The van der Waals surface area contributed by atoms with Gasteiger partial charge in [-0.05, 0) is 31.0 Å². The Kier molecular flexibility index (Phi) is 4.60. The number of aryl methyl sites for hydroxylation is 2. The number of nitrogens with zero attached hydrogens (tertiary/aromatic N) is 4. The van der Waals surface area contributed by atoms with Gasteiger partial charge in [0, 0.05) is 26.4 Å². The van der Waals surface area contributed by atoms with Crippen molar-refractivity contribution in [1.29, 1.82) is 0 Å². The molecule has 0 spiro atoms. The van der Waals surface area contributed by atoms with Crippen molar-refractivity contribution in [2.75, 3.05) is 13.2 Å². The van der Waals surface area contributed by atoms with E-state index in [1.165, 1.54) is 0 Å². The summed E-state index contributed by atoms with van der Waals surface area (Å²) in [5, 5.41) is 8.17. The maximum Gasteiger partial charge on any atom is 0.223 e. The summed E-state index contributed by atoms with van der Waals surface area (Å²) < 4.78 is 7.23. The van der Waals surface area contributed by atoms with Gasteiger partial charge < -0.3 is 9.64 Å². The molecule has 0 bridgehead atoms. The molecule has 2 heterocycles. The highest BCUT2D eigenvalue weighted by Gasteiger charge is 2.24. The average molecular weight is 314 g/mol. The molecule has 0 aliphatic carbocycles. The zero-order valence-corrected chi connectivity index (χ0v) is 13.7. The maximum atomic E-state index is 12.4. The molecule has 2 aromatic rings. The number of hydrogen-bond acceptors (Lipinski definition) is 4. The number of rotatable bonds is 5. The smallest absolute Gasteiger partial charge is 0.223 e. The second-order valence-corrected chi connectivity index (χ2v) is 5.75. The molecule has 1 aromatic carbocycles. The fraction of sp³-hybridized carbons (Fsp3) is 0.471. The molecular weight excluding hydrogens is 292 g/mol. The van der Waals surface area contributed by atoms with E-state index < -0.39 is 0 Å². The Bertz CT molecular complexity index is 678. The predicted octanol–water partition coefficient (Wildman–Crippen LogP) is 1.73. The van der Waals surface area contributed by atoms with Gasteiger partial charge in [-0.3, -0.25) is 9.48 Å². The summed E-state index contributed by atoms with van der Waals surface area (Å²) >= 11 is 0. The molecule has 0 unspecified atom stereocenters. The third-order valence-electron chi connectivity index (χ3n) is 4.20. The normalized spacial score (nSPS) is 13.7. The monoisotopic (exact) mass is 314 g/mol. The lowest BCUT2D eigenvalue weighted by Gasteiger charge is -2.26. The van der Waals surface area contributed by atoms with Crippen LogP contribution in [0.3, 0.4) is 0 Å². The maximum absolute atomic E-state index is 12.4. The highest BCUT2D eigenvalue weighted by Crippen LogP contribution is 2.18. The van der Waals surface area contributed by atoms with E-state index in [1.54, 1.807) is 4.68 Å². The van der Waals surface area contributed by atoms with Crippen molar-refractivity contribution < 1.29 is 9.53 Å². The minimum absolute atomic E-state index is 0.176. The van der Waals surface area contributed by atoms with E-state index in [4.69, 9.17) is 4.74 Å². The van der Waals surface area contributed by atoms with Crippen LogP contribution in [0.25, 0.3) is 0 Å². The summed E-state index contributed by atoms with van der Waals surface area (Å²) in [6, 6.07) is 7.95. The van der Waals surface area contributed by atoms with Crippen LogP contribution >= 0.6 is 0 Å². The van der Waals surface area contributed by atoms with Gasteiger partial charge in [-0.2, -0.15) is 0 Å². The van der Waals surface area contributed by atoms with Crippen LogP contribution in [0.4, 0.5) is 0 Å². The number of amides is 1. The number of ether oxygens (including phenoxy) is 1. The number of hydrogen-bond donors (Lipinski definition) is 0. The van der Waals surface area contributed by atoms with Gasteiger partial charge in [0.2, 0.25) is 5.91 Å². The Morgan fingerprint density at radius 1 is 1.30 bits per heavy atom. The first-order chi connectivity index (χ1) is 11.2. The Hall–Kier alpha value is -2.37. The molecule has 1 aliphatic heterocycles. The number of carbonyl (C=O) groups is 1. The quantitative estimate of drug-likeness (QED) is 0.843. The van der Waals surface area contributed by atoms with Crippen LogP contribution in [0.15, 0.2) is 24.3 Å². The molecular formula is C17H22N4O2. The lowest BCUT2D eigenvalue weighted by atomic mass is 10.1. The van der Waals surface area contributed by atoms with Gasteiger partial charge in [-0.25, -0.2) is 0 Å². The van der Waals surface area contributed by atoms with Crippen LogP contribution in [0.2, 0.25) is 0 Å². The summed E-state index contributed by atoms with van der Waals surface area (Å²) in [6.07, 6.45) is 2.09. The molecule has 0 atom stereocenters. The fourth-order valence-electron chi connectivity index (χ4n) is 2.89. The van der Waals surface area contributed by atoms with Gasteiger partial charge >= 0.3 is 0 Å². The van der Waals surface area contributed by atoms with Crippen molar-refractivity contribution in [2.45, 2.75) is 32.7 Å². The summed E-state index contributed by atoms with van der Waals surface area (Å²) in [4.78, 5) is 14.3. The van der Waals surface area contributed by atoms with E-state index >= 15 is 0 Å². The van der Waals surface area contributed by atoms with Crippen molar-refractivity contribution in [3.05, 3.63) is 41.2 Å². The standard InChI is InChI=1S/C17H22N4O2/c1-3-23-14-7-4-13(5-8-14)6-9-17(22)21-11-10-16-15(12-21)18-19-20(16)2/h4-5,7-8H,3,6,9-12H2,1-2H3. The Morgan fingerprint density at radius 3 is 2.83 bits per heavy atom. The first-order valence-corrected chi connectivity index (χ1v) is 8.04. The van der Waals surface area contributed by atoms with E-state index in [2.05, 4.69) is 10.3 Å². The molecule has 3 rings (SSSR count). The van der Waals surface area contributed by atoms with Crippen LogP contribution in [-0.4, -0.2) is 39.0 Å². The third-order valence-corrected chi connectivity index (χ3v) is 4.20. The largest absolute Gasteiger partial charge is 0.494 e. The zero-order chi connectivity index (χ0) is 16.2. The van der Waals surface area contributed by atoms with E-state index in [0.717, 1.165) is 42.1 Å². The van der Waals surface area contributed by atoms with Gasteiger partial charge in [0.25, 0.3) is 0 Å². The molecule has 0 N–H and O–H groups in total. The van der Waals surface area contributed by atoms with Gasteiger partial charge in [0.15, 0.2) is 0 Å². The molecule has 23 heavy (non-hydrogen) atoms. The van der Waals surface area contributed by atoms with Gasteiger partial charge in [-0.15, -0.1) is 5.10 Å². The second-order valence-electron chi connectivity index (χ2n) is 5.75. The summed E-state index contributed by atoms with van der Waals surface area (Å²) in [5.74, 6) is 1.05. The topological polar surface area (TPSA) is 60.2 Å². The van der Waals surface area contributed by atoms with E-state index in [9.17, 15) is 4.79 Å². The zero-order valence-electron chi connectivity index (χ0n) is 13.7. The van der Waals surface area contributed by atoms with E-state index in [1.807, 2.05) is 43.1 Å². The number of benzene rings is 1. The van der Waals surface area contributed by atoms with Gasteiger partial charge in [0.1, 0.15) is 11.4 Å². The van der Waals surface area contributed by atoms with Crippen molar-refractivity contribution in [1.82, 2.24) is 19.9 Å². The Morgan fingerprint density at radius 2 is 2.09 bits per heavy atom. The fourth-order valence-corrected chi connectivity index (χ4v) is 2.89. The van der Waals surface area contributed by atoms with Crippen LogP contribution in [0, 0.1) is 0 Å². The Labute approximate surface area is 136 Å². The summed E-state index contributed by atoms with van der Waals surface area (Å²) in [5.41, 5.74) is 3.22. The summed E-state index contributed by atoms with van der Waals surface area (Å²) in [6.45, 7) is 3.95. The van der Waals surface area contributed by atoms with Gasteiger partial charge in [-0.1, -0.05) is 17.3 Å². The minimum Gasteiger partial charge on any atom is -0.494 e. The van der Waals surface area contributed by atoms with Crippen LogP contribution in [0.1, 0.15) is 30.3 Å². The van der Waals surface area contributed by atoms with Crippen LogP contribution in [0.5, 0.6) is 5.75 Å². The first-order valence-electron chi connectivity index (χ1n) is 8.04. The first kappa shape index (κ1) is 15.5. The molecule has 1 aromatic heterocycles. The average Bonchev–Trinajstić information content (AvgIpc) is 2.95. The molecule has 1 aliphatic rings. The molecule has 0 radical (unpaired) electrons. The Balaban J connectivity index is 1.53. The van der Waals surface area contributed by atoms with Crippen molar-refractivity contribution in [3.63, 3.8) is 0 Å². The van der Waals surface area contributed by atoms with E-state index in [-0.39, 0.29) is 5.91 Å². The lowest BCUT2D eigenvalue weighted by Crippen LogP contribution is -2.36. The van der Waals surface area contributed by atoms with Gasteiger partial charge in [0.05, 0.1) is 18.8 Å². The van der Waals surface area contributed by atoms with Crippen LogP contribution < -0.4 is 4.74 Å². The number of carbonyl (C=O) groups excluding carboxylic acids is 1. The molecule has 0 saturated carbocycles. The third kappa shape index (κ3) is 3.52. The van der Waals surface area contributed by atoms with E-state index in [0.29, 0.717) is 19.6 Å². The number of fused-ring (bicyclic) bond motifs is 1. The molecule has 6 heteroatoms. The molecule has 122 valence electrons. The molecule has 0 saturated heterocycles. The summed E-state index contributed by atoms with van der Waals surface area (Å²) in [7, 11) is 1.90. The molecule has 0 fully saturated rings. The highest BCUT2D eigenvalue weighted by molar-refractivity contribution is 5.76. The SMILES string of the molecule is CCOc1ccc(CCC(=O)N2CCc3c(nnn3C)C2)cc1. The van der Waals surface area contributed by atoms with Crippen molar-refractivity contribution in [3.8, 4) is 5.75 Å². The lowest BCUT2D eigenvalue weighted by molar-refractivity contribution is -0.132. The highest BCUT2D eigenvalue weighted by atomic mass is 16.5. The number of aromatic nitrogens is 3. The molecule has 1 amide bonds. The second kappa shape index (κ2) is 6.81. The van der Waals surface area contributed by atoms with Crippen LogP contribution in [-0.2, 0) is 31.2 Å². The van der Waals surface area contributed by atoms with Crippen molar-refractivity contribution in [2.24, 2.45) is 7.05 Å². The predicted molar refractivity (Wildman–Crippen MR) is 86.1 cm³/mol. The molecule has 6 nitrogen and oxygen atoms in total.